The van der Waals surface area contributed by atoms with Gasteiger partial charge in [-0.1, -0.05) is 23.2 Å². The van der Waals surface area contributed by atoms with E-state index < -0.39 is 5.56 Å². The van der Waals surface area contributed by atoms with Crippen molar-refractivity contribution < 1.29 is 5.11 Å². The zero-order chi connectivity index (χ0) is 12.6. The topological polar surface area (TPSA) is 68.0 Å². The van der Waals surface area contributed by atoms with Crippen LogP contribution in [0.25, 0.3) is 5.69 Å². The highest BCUT2D eigenvalue weighted by atomic mass is 35.5. The monoisotopic (exact) mass is 271 g/mol. The van der Waals surface area contributed by atoms with Gasteiger partial charge in [-0.25, -0.2) is 9.97 Å². The molecule has 2 heterocycles. The van der Waals surface area contributed by atoms with Crippen LogP contribution in [0.3, 0.4) is 0 Å². The van der Waals surface area contributed by atoms with Crippen molar-refractivity contribution in [2.24, 2.45) is 0 Å². The Kier molecular flexibility index (Phi) is 3.04. The standard InChI is InChI=1S/C10H7Cl2N3O2/c1-5-14-7(16)4-8(17)15(5)6-2-3-13-10(12)9(6)11/h2-4,16H,1H3. The van der Waals surface area contributed by atoms with Crippen LogP contribution in [0, 0.1) is 6.92 Å². The number of rotatable bonds is 1. The first-order valence-corrected chi connectivity index (χ1v) is 5.36. The Balaban J connectivity index is 2.78. The molecule has 0 aliphatic rings. The molecule has 0 aliphatic carbocycles. The van der Waals surface area contributed by atoms with Crippen LogP contribution in [0.4, 0.5) is 0 Å². The lowest BCUT2D eigenvalue weighted by Crippen LogP contribution is -2.21. The van der Waals surface area contributed by atoms with Crippen molar-refractivity contribution in [3.63, 3.8) is 0 Å². The molecule has 0 amide bonds. The summed E-state index contributed by atoms with van der Waals surface area (Å²) in [5.74, 6) is -0.0285. The van der Waals surface area contributed by atoms with Crippen LogP contribution in [0.15, 0.2) is 23.1 Å². The van der Waals surface area contributed by atoms with Gasteiger partial charge in [0, 0.05) is 6.20 Å². The molecule has 0 fully saturated rings. The third kappa shape index (κ3) is 2.11. The molecule has 17 heavy (non-hydrogen) atoms. The first-order chi connectivity index (χ1) is 8.00. The van der Waals surface area contributed by atoms with Crippen LogP contribution in [0.5, 0.6) is 5.88 Å². The van der Waals surface area contributed by atoms with E-state index >= 15 is 0 Å². The SMILES string of the molecule is Cc1nc(O)cc(=O)n1-c1ccnc(Cl)c1Cl. The quantitative estimate of drug-likeness (QED) is 0.805. The fourth-order valence-corrected chi connectivity index (χ4v) is 1.81. The van der Waals surface area contributed by atoms with Crippen LogP contribution in [0.1, 0.15) is 5.82 Å². The van der Waals surface area contributed by atoms with Crippen LogP contribution < -0.4 is 5.56 Å². The fraction of sp³-hybridized carbons (Fsp3) is 0.100. The maximum atomic E-state index is 11.8. The van der Waals surface area contributed by atoms with E-state index in [0.717, 1.165) is 6.07 Å². The number of aryl methyl sites for hydroxylation is 1. The van der Waals surface area contributed by atoms with Crippen molar-refractivity contribution in [3.8, 4) is 11.6 Å². The lowest BCUT2D eigenvalue weighted by molar-refractivity contribution is 0.447. The molecule has 5 nitrogen and oxygen atoms in total. The zero-order valence-corrected chi connectivity index (χ0v) is 10.2. The van der Waals surface area contributed by atoms with Gasteiger partial charge in [0.25, 0.3) is 5.56 Å². The second-order valence-electron chi connectivity index (χ2n) is 3.27. The smallest absolute Gasteiger partial charge is 0.261 e. The number of pyridine rings is 1. The molecule has 0 atom stereocenters. The van der Waals surface area contributed by atoms with Gasteiger partial charge in [0.2, 0.25) is 5.88 Å². The molecule has 1 N–H and O–H groups in total. The molecule has 0 spiro atoms. The highest BCUT2D eigenvalue weighted by molar-refractivity contribution is 6.42. The van der Waals surface area contributed by atoms with E-state index in [-0.39, 0.29) is 16.1 Å². The number of hydrogen-bond donors (Lipinski definition) is 1. The summed E-state index contributed by atoms with van der Waals surface area (Å²) in [6, 6.07) is 2.54. The van der Waals surface area contributed by atoms with Gasteiger partial charge in [0.1, 0.15) is 16.0 Å². The van der Waals surface area contributed by atoms with Gasteiger partial charge in [0.15, 0.2) is 0 Å². The number of aromatic hydroxyl groups is 1. The van der Waals surface area contributed by atoms with E-state index in [1.54, 1.807) is 13.0 Å². The summed E-state index contributed by atoms with van der Waals surface area (Å²) < 4.78 is 1.25. The number of nitrogens with zero attached hydrogens (tertiary/aromatic N) is 3. The Morgan fingerprint density at radius 2 is 2.12 bits per heavy atom. The van der Waals surface area contributed by atoms with E-state index in [1.165, 1.54) is 10.8 Å². The summed E-state index contributed by atoms with van der Waals surface area (Å²) in [7, 11) is 0. The fourth-order valence-electron chi connectivity index (χ4n) is 1.46. The molecule has 0 aliphatic heterocycles. The van der Waals surface area contributed by atoms with E-state index in [2.05, 4.69) is 9.97 Å². The third-order valence-electron chi connectivity index (χ3n) is 2.14. The average molecular weight is 272 g/mol. The molecule has 2 aromatic heterocycles. The summed E-state index contributed by atoms with van der Waals surface area (Å²) >= 11 is 11.7. The lowest BCUT2D eigenvalue weighted by atomic mass is 10.3. The van der Waals surface area contributed by atoms with Crippen molar-refractivity contribution in [3.05, 3.63) is 44.7 Å². The van der Waals surface area contributed by atoms with E-state index in [0.29, 0.717) is 11.5 Å². The maximum absolute atomic E-state index is 11.8. The molecule has 0 saturated carbocycles. The van der Waals surface area contributed by atoms with Crippen molar-refractivity contribution >= 4 is 23.2 Å². The summed E-state index contributed by atoms with van der Waals surface area (Å²) in [6.45, 7) is 1.58. The van der Waals surface area contributed by atoms with Crippen molar-refractivity contribution in [2.75, 3.05) is 0 Å². The number of hydrogen-bond acceptors (Lipinski definition) is 4. The van der Waals surface area contributed by atoms with Crippen molar-refractivity contribution in [2.45, 2.75) is 6.92 Å². The van der Waals surface area contributed by atoms with Gasteiger partial charge in [-0.2, -0.15) is 0 Å². The molecule has 7 heteroatoms. The molecule has 0 radical (unpaired) electrons. The van der Waals surface area contributed by atoms with Gasteiger partial charge in [-0.15, -0.1) is 0 Å². The largest absolute Gasteiger partial charge is 0.493 e. The summed E-state index contributed by atoms with van der Waals surface area (Å²) in [4.78, 5) is 19.3. The molecule has 0 bridgehead atoms. The van der Waals surface area contributed by atoms with Crippen LogP contribution in [-0.4, -0.2) is 19.6 Å². The van der Waals surface area contributed by atoms with E-state index in [9.17, 15) is 9.90 Å². The normalized spacial score (nSPS) is 10.5. The zero-order valence-electron chi connectivity index (χ0n) is 8.69. The minimum Gasteiger partial charge on any atom is -0.493 e. The highest BCUT2D eigenvalue weighted by Gasteiger charge is 2.12. The minimum atomic E-state index is -0.445. The molecule has 0 saturated heterocycles. The number of halogens is 2. The van der Waals surface area contributed by atoms with Gasteiger partial charge < -0.3 is 5.11 Å². The second-order valence-corrected chi connectivity index (χ2v) is 4.01. The molecule has 0 aromatic carbocycles. The Hall–Kier alpha value is -1.59. The molecule has 2 rings (SSSR count). The minimum absolute atomic E-state index is 0.101. The van der Waals surface area contributed by atoms with E-state index in [1.807, 2.05) is 0 Å². The first kappa shape index (κ1) is 11.9. The molecular formula is C10H7Cl2N3O2. The number of aromatic nitrogens is 3. The van der Waals surface area contributed by atoms with Gasteiger partial charge in [-0.05, 0) is 13.0 Å². The van der Waals surface area contributed by atoms with Crippen LogP contribution >= 0.6 is 23.2 Å². The van der Waals surface area contributed by atoms with Gasteiger partial charge in [-0.3, -0.25) is 9.36 Å². The van der Waals surface area contributed by atoms with Crippen molar-refractivity contribution in [1.29, 1.82) is 0 Å². The molecule has 0 unspecified atom stereocenters. The molecular weight excluding hydrogens is 265 g/mol. The third-order valence-corrected chi connectivity index (χ3v) is 2.90. The summed E-state index contributed by atoms with van der Waals surface area (Å²) in [5, 5.41) is 9.45. The maximum Gasteiger partial charge on any atom is 0.261 e. The summed E-state index contributed by atoms with van der Waals surface area (Å²) in [6.07, 6.45) is 1.43. The predicted molar refractivity (Wildman–Crippen MR) is 64.1 cm³/mol. The second kappa shape index (κ2) is 4.35. The van der Waals surface area contributed by atoms with Crippen LogP contribution in [-0.2, 0) is 0 Å². The van der Waals surface area contributed by atoms with Crippen molar-refractivity contribution in [1.82, 2.24) is 14.5 Å². The molecule has 88 valence electrons. The molecule has 2 aromatic rings. The van der Waals surface area contributed by atoms with Gasteiger partial charge in [0.05, 0.1) is 11.8 Å². The van der Waals surface area contributed by atoms with Gasteiger partial charge >= 0.3 is 0 Å². The lowest BCUT2D eigenvalue weighted by Gasteiger charge is -2.10. The Labute approximate surface area is 106 Å². The Bertz CT molecular complexity index is 640. The summed E-state index contributed by atoms with van der Waals surface area (Å²) in [5.41, 5.74) is -0.0687. The average Bonchev–Trinajstić information content (AvgIpc) is 2.23. The Morgan fingerprint density at radius 1 is 1.41 bits per heavy atom. The van der Waals surface area contributed by atoms with Crippen LogP contribution in [0.2, 0.25) is 10.2 Å². The first-order valence-electron chi connectivity index (χ1n) is 4.60. The highest BCUT2D eigenvalue weighted by Crippen LogP contribution is 2.26. The predicted octanol–water partition coefficient (Wildman–Crippen LogP) is 1.95. The Morgan fingerprint density at radius 3 is 2.76 bits per heavy atom. The van der Waals surface area contributed by atoms with E-state index in [4.69, 9.17) is 23.2 Å².